The standard InChI is InChI=1S/C16H21N3O4/c1-11-4-3-5-12(8-11)18-14(20)10-19-7-6-17-16(22)13(19)9-15(21)23-2/h3-5,8,13H,6-7,9-10H2,1-2H3,(H,17,22)(H,18,20)/t13-/m0/s1. The smallest absolute Gasteiger partial charge is 0.307 e. The van der Waals surface area contributed by atoms with Crippen LogP contribution in [0.5, 0.6) is 0 Å². The van der Waals surface area contributed by atoms with Crippen LogP contribution in [0.4, 0.5) is 5.69 Å². The number of anilines is 1. The van der Waals surface area contributed by atoms with Gasteiger partial charge in [0, 0.05) is 18.8 Å². The van der Waals surface area contributed by atoms with Gasteiger partial charge in [-0.3, -0.25) is 19.3 Å². The number of nitrogens with one attached hydrogen (secondary N) is 2. The molecule has 0 unspecified atom stereocenters. The second kappa shape index (κ2) is 7.73. The van der Waals surface area contributed by atoms with Gasteiger partial charge in [0.2, 0.25) is 11.8 Å². The molecular formula is C16H21N3O4. The summed E-state index contributed by atoms with van der Waals surface area (Å²) in [6.45, 7) is 2.95. The minimum absolute atomic E-state index is 0.0447. The van der Waals surface area contributed by atoms with Crippen molar-refractivity contribution >= 4 is 23.5 Å². The van der Waals surface area contributed by atoms with Gasteiger partial charge in [-0.2, -0.15) is 0 Å². The van der Waals surface area contributed by atoms with Gasteiger partial charge in [0.25, 0.3) is 0 Å². The zero-order valence-electron chi connectivity index (χ0n) is 13.3. The number of aryl methyl sites for hydroxylation is 1. The molecule has 2 rings (SSSR count). The summed E-state index contributed by atoms with van der Waals surface area (Å²) in [5.41, 5.74) is 1.75. The Morgan fingerprint density at radius 1 is 1.43 bits per heavy atom. The van der Waals surface area contributed by atoms with Gasteiger partial charge in [-0.25, -0.2) is 0 Å². The van der Waals surface area contributed by atoms with E-state index in [1.165, 1.54) is 7.11 Å². The molecule has 1 saturated heterocycles. The number of carbonyl (C=O) groups excluding carboxylic acids is 3. The fourth-order valence-corrected chi connectivity index (χ4v) is 2.52. The Morgan fingerprint density at radius 3 is 2.91 bits per heavy atom. The summed E-state index contributed by atoms with van der Waals surface area (Å²) in [6, 6.07) is 6.79. The first-order chi connectivity index (χ1) is 11.0. The van der Waals surface area contributed by atoms with Crippen molar-refractivity contribution in [3.63, 3.8) is 0 Å². The van der Waals surface area contributed by atoms with Gasteiger partial charge < -0.3 is 15.4 Å². The van der Waals surface area contributed by atoms with E-state index in [2.05, 4.69) is 15.4 Å². The van der Waals surface area contributed by atoms with E-state index in [0.29, 0.717) is 18.8 Å². The minimum Gasteiger partial charge on any atom is -0.469 e. The lowest BCUT2D eigenvalue weighted by Gasteiger charge is -2.33. The Labute approximate surface area is 135 Å². The number of rotatable bonds is 5. The maximum atomic E-state index is 12.2. The van der Waals surface area contributed by atoms with Crippen LogP contribution in [0.25, 0.3) is 0 Å². The van der Waals surface area contributed by atoms with Crippen molar-refractivity contribution < 1.29 is 19.1 Å². The summed E-state index contributed by atoms with van der Waals surface area (Å²) < 4.78 is 4.62. The average Bonchev–Trinajstić information content (AvgIpc) is 2.50. The molecule has 0 aliphatic carbocycles. The maximum Gasteiger partial charge on any atom is 0.307 e. The van der Waals surface area contributed by atoms with Gasteiger partial charge in [-0.1, -0.05) is 12.1 Å². The molecule has 2 N–H and O–H groups in total. The molecule has 23 heavy (non-hydrogen) atoms. The number of hydrogen-bond acceptors (Lipinski definition) is 5. The zero-order chi connectivity index (χ0) is 16.8. The topological polar surface area (TPSA) is 87.7 Å². The first kappa shape index (κ1) is 17.0. The molecule has 124 valence electrons. The van der Waals surface area contributed by atoms with Gasteiger partial charge in [-0.15, -0.1) is 0 Å². The molecule has 7 nitrogen and oxygen atoms in total. The van der Waals surface area contributed by atoms with Gasteiger partial charge in [0.05, 0.1) is 20.1 Å². The van der Waals surface area contributed by atoms with E-state index in [4.69, 9.17) is 0 Å². The van der Waals surface area contributed by atoms with Crippen molar-refractivity contribution in [1.82, 2.24) is 10.2 Å². The number of piperazine rings is 1. The summed E-state index contributed by atoms with van der Waals surface area (Å²) in [5.74, 6) is -0.957. The van der Waals surface area contributed by atoms with Crippen molar-refractivity contribution in [3.05, 3.63) is 29.8 Å². The quantitative estimate of drug-likeness (QED) is 0.762. The van der Waals surface area contributed by atoms with Crippen LogP contribution in [0.2, 0.25) is 0 Å². The van der Waals surface area contributed by atoms with Gasteiger partial charge in [0.15, 0.2) is 0 Å². The highest BCUT2D eigenvalue weighted by atomic mass is 16.5. The van der Waals surface area contributed by atoms with Gasteiger partial charge in [0.1, 0.15) is 6.04 Å². The minimum atomic E-state index is -0.681. The molecule has 0 bridgehead atoms. The molecule has 1 aliphatic rings. The third kappa shape index (κ3) is 4.79. The summed E-state index contributed by atoms with van der Waals surface area (Å²) >= 11 is 0. The second-order valence-electron chi connectivity index (χ2n) is 5.48. The molecular weight excluding hydrogens is 298 g/mol. The molecule has 0 saturated carbocycles. The van der Waals surface area contributed by atoms with Crippen molar-refractivity contribution in [1.29, 1.82) is 0 Å². The maximum absolute atomic E-state index is 12.2. The number of carbonyl (C=O) groups is 3. The van der Waals surface area contributed by atoms with Crippen LogP contribution < -0.4 is 10.6 Å². The molecule has 7 heteroatoms. The summed E-state index contributed by atoms with van der Waals surface area (Å²) in [5, 5.41) is 5.51. The molecule has 1 aliphatic heterocycles. The van der Waals surface area contributed by atoms with E-state index < -0.39 is 12.0 Å². The van der Waals surface area contributed by atoms with E-state index in [-0.39, 0.29) is 24.8 Å². The van der Waals surface area contributed by atoms with Crippen molar-refractivity contribution in [3.8, 4) is 0 Å². The summed E-state index contributed by atoms with van der Waals surface area (Å²) in [7, 11) is 1.28. The monoisotopic (exact) mass is 319 g/mol. The Balaban J connectivity index is 1.99. The fourth-order valence-electron chi connectivity index (χ4n) is 2.52. The molecule has 2 amide bonds. The van der Waals surface area contributed by atoms with Crippen molar-refractivity contribution in [2.24, 2.45) is 0 Å². The van der Waals surface area contributed by atoms with Crippen LogP contribution in [0.1, 0.15) is 12.0 Å². The van der Waals surface area contributed by atoms with Crippen LogP contribution in [-0.4, -0.2) is 55.5 Å². The average molecular weight is 319 g/mol. The Kier molecular flexibility index (Phi) is 5.70. The van der Waals surface area contributed by atoms with E-state index >= 15 is 0 Å². The van der Waals surface area contributed by atoms with E-state index in [9.17, 15) is 14.4 Å². The number of amides is 2. The molecule has 1 heterocycles. The van der Waals surface area contributed by atoms with Crippen LogP contribution >= 0.6 is 0 Å². The molecule has 1 aromatic carbocycles. The van der Waals surface area contributed by atoms with Crippen LogP contribution in [0.3, 0.4) is 0 Å². The lowest BCUT2D eigenvalue weighted by Crippen LogP contribution is -2.57. The van der Waals surface area contributed by atoms with Crippen molar-refractivity contribution in [2.75, 3.05) is 32.1 Å². The highest BCUT2D eigenvalue weighted by Gasteiger charge is 2.32. The number of benzene rings is 1. The summed E-state index contributed by atoms with van der Waals surface area (Å²) in [6.07, 6.45) is -0.0694. The largest absolute Gasteiger partial charge is 0.469 e. The Morgan fingerprint density at radius 2 is 2.22 bits per heavy atom. The van der Waals surface area contributed by atoms with E-state index in [0.717, 1.165) is 5.56 Å². The Hall–Kier alpha value is -2.41. The highest BCUT2D eigenvalue weighted by Crippen LogP contribution is 2.12. The van der Waals surface area contributed by atoms with Gasteiger partial charge >= 0.3 is 5.97 Å². The van der Waals surface area contributed by atoms with Crippen LogP contribution in [0, 0.1) is 6.92 Å². The fraction of sp³-hybridized carbons (Fsp3) is 0.438. The third-order valence-corrected chi connectivity index (χ3v) is 3.68. The number of hydrogen-bond donors (Lipinski definition) is 2. The second-order valence-corrected chi connectivity index (χ2v) is 5.48. The molecule has 0 radical (unpaired) electrons. The number of esters is 1. The lowest BCUT2D eigenvalue weighted by atomic mass is 10.1. The third-order valence-electron chi connectivity index (χ3n) is 3.68. The molecule has 0 spiro atoms. The lowest BCUT2D eigenvalue weighted by molar-refractivity contribution is -0.146. The van der Waals surface area contributed by atoms with Crippen molar-refractivity contribution in [2.45, 2.75) is 19.4 Å². The molecule has 1 fully saturated rings. The van der Waals surface area contributed by atoms with Crippen LogP contribution in [-0.2, 0) is 19.1 Å². The number of methoxy groups -OCH3 is 1. The summed E-state index contributed by atoms with van der Waals surface area (Å²) in [4.78, 5) is 37.3. The highest BCUT2D eigenvalue weighted by molar-refractivity contribution is 5.93. The number of ether oxygens (including phenoxy) is 1. The first-order valence-electron chi connectivity index (χ1n) is 7.44. The normalized spacial score (nSPS) is 18.2. The molecule has 1 aromatic rings. The predicted octanol–water partition coefficient (Wildman–Crippen LogP) is 0.297. The SMILES string of the molecule is COC(=O)C[C@H]1C(=O)NCCN1CC(=O)Nc1cccc(C)c1. The van der Waals surface area contributed by atoms with Crippen LogP contribution in [0.15, 0.2) is 24.3 Å². The molecule has 1 atom stereocenters. The van der Waals surface area contributed by atoms with Gasteiger partial charge in [-0.05, 0) is 24.6 Å². The van der Waals surface area contributed by atoms with E-state index in [1.54, 1.807) is 11.0 Å². The first-order valence-corrected chi connectivity index (χ1v) is 7.44. The molecule has 0 aromatic heterocycles. The Bertz CT molecular complexity index is 603. The zero-order valence-corrected chi connectivity index (χ0v) is 13.3. The predicted molar refractivity (Wildman–Crippen MR) is 84.8 cm³/mol. The number of nitrogens with zero attached hydrogens (tertiary/aromatic N) is 1. The van der Waals surface area contributed by atoms with E-state index in [1.807, 2.05) is 25.1 Å².